The summed E-state index contributed by atoms with van der Waals surface area (Å²) < 4.78 is 0. The Labute approximate surface area is 248 Å². The molecule has 0 saturated carbocycles. The number of hydrogen-bond donors (Lipinski definition) is 0. The quantitative estimate of drug-likeness (QED) is 0.157. The van der Waals surface area contributed by atoms with Crippen LogP contribution in [0.2, 0.25) is 0 Å². The van der Waals surface area contributed by atoms with Crippen LogP contribution in [0.15, 0.2) is 140 Å². The van der Waals surface area contributed by atoms with Gasteiger partial charge in [-0.25, -0.2) is 0 Å². The van der Waals surface area contributed by atoms with Crippen molar-refractivity contribution in [3.05, 3.63) is 162 Å². The van der Waals surface area contributed by atoms with Crippen molar-refractivity contribution >= 4 is 32.7 Å². The van der Waals surface area contributed by atoms with Crippen LogP contribution in [-0.4, -0.2) is 4.98 Å². The number of benzene rings is 5. The molecule has 7 rings (SSSR count). The van der Waals surface area contributed by atoms with Gasteiger partial charge in [0, 0.05) is 17.2 Å². The summed E-state index contributed by atoms with van der Waals surface area (Å²) in [6, 6.07) is 39.2. The molecule has 0 N–H and O–H groups in total. The predicted molar refractivity (Wildman–Crippen MR) is 181 cm³/mol. The van der Waals surface area contributed by atoms with Crippen LogP contribution in [0.3, 0.4) is 0 Å². The number of allylic oxidation sites excluding steroid dienone is 5. The minimum atomic E-state index is -0.103. The van der Waals surface area contributed by atoms with Gasteiger partial charge in [-0.3, -0.25) is 4.98 Å². The molecule has 0 radical (unpaired) electrons. The highest BCUT2D eigenvalue weighted by Crippen LogP contribution is 2.53. The van der Waals surface area contributed by atoms with Gasteiger partial charge in [0.25, 0.3) is 0 Å². The Hall–Kier alpha value is -5.01. The second-order valence-electron chi connectivity index (χ2n) is 11.6. The molecule has 1 nitrogen and oxygen atoms in total. The molecule has 202 valence electrons. The molecule has 0 aliphatic heterocycles. The van der Waals surface area contributed by atoms with Gasteiger partial charge in [0.2, 0.25) is 0 Å². The van der Waals surface area contributed by atoms with Gasteiger partial charge in [-0.1, -0.05) is 142 Å². The van der Waals surface area contributed by atoms with E-state index in [-0.39, 0.29) is 5.41 Å². The van der Waals surface area contributed by atoms with Crippen molar-refractivity contribution in [2.24, 2.45) is 0 Å². The first-order chi connectivity index (χ1) is 20.5. The van der Waals surface area contributed by atoms with E-state index in [1.165, 1.54) is 60.5 Å². The van der Waals surface area contributed by atoms with E-state index >= 15 is 0 Å². The maximum atomic E-state index is 4.94. The lowest BCUT2D eigenvalue weighted by molar-refractivity contribution is 0.659. The SMILES string of the molecule is C=C/C(=C\C=C(/C)c1c2ccccc2c(-c2cccc3c2-c2ncccc2C3(C)C)c2ccccc12)c1ccccc1. The summed E-state index contributed by atoms with van der Waals surface area (Å²) in [5, 5.41) is 5.02. The van der Waals surface area contributed by atoms with E-state index in [4.69, 9.17) is 4.98 Å². The van der Waals surface area contributed by atoms with Crippen LogP contribution in [0.4, 0.5) is 0 Å². The third-order valence-corrected chi connectivity index (χ3v) is 8.89. The van der Waals surface area contributed by atoms with Crippen molar-refractivity contribution in [3.63, 3.8) is 0 Å². The smallest absolute Gasteiger partial charge is 0.0752 e. The molecular formula is C41H33N. The van der Waals surface area contributed by atoms with Crippen LogP contribution in [0.1, 0.15) is 43.0 Å². The molecule has 0 fully saturated rings. The van der Waals surface area contributed by atoms with E-state index in [2.05, 4.69) is 143 Å². The van der Waals surface area contributed by atoms with E-state index in [9.17, 15) is 0 Å². The molecule has 1 aliphatic carbocycles. The van der Waals surface area contributed by atoms with Crippen molar-refractivity contribution < 1.29 is 0 Å². The number of pyridine rings is 1. The Morgan fingerprint density at radius 1 is 0.643 bits per heavy atom. The molecule has 0 saturated heterocycles. The van der Waals surface area contributed by atoms with E-state index in [0.29, 0.717) is 0 Å². The van der Waals surface area contributed by atoms with Crippen LogP contribution in [0, 0.1) is 0 Å². The highest BCUT2D eigenvalue weighted by molar-refractivity contribution is 6.20. The van der Waals surface area contributed by atoms with Crippen molar-refractivity contribution in [2.45, 2.75) is 26.2 Å². The molecule has 6 aromatic rings. The Morgan fingerprint density at radius 3 is 1.93 bits per heavy atom. The zero-order valence-electron chi connectivity index (χ0n) is 24.4. The van der Waals surface area contributed by atoms with Gasteiger partial charge in [-0.05, 0) is 79.1 Å². The van der Waals surface area contributed by atoms with Crippen LogP contribution >= 0.6 is 0 Å². The second kappa shape index (κ2) is 10.1. The molecular weight excluding hydrogens is 506 g/mol. The highest BCUT2D eigenvalue weighted by atomic mass is 14.7. The summed E-state index contributed by atoms with van der Waals surface area (Å²) in [6.45, 7) is 10.9. The Morgan fingerprint density at radius 2 is 1.26 bits per heavy atom. The van der Waals surface area contributed by atoms with E-state index < -0.39 is 0 Å². The Balaban J connectivity index is 1.52. The predicted octanol–water partition coefficient (Wildman–Crippen LogP) is 11.0. The first-order valence-electron chi connectivity index (χ1n) is 14.6. The first kappa shape index (κ1) is 25.9. The van der Waals surface area contributed by atoms with E-state index in [1.54, 1.807) is 0 Å². The van der Waals surface area contributed by atoms with Crippen LogP contribution < -0.4 is 0 Å². The molecule has 1 aliphatic rings. The summed E-state index contributed by atoms with van der Waals surface area (Å²) in [7, 11) is 0. The molecule has 0 spiro atoms. The molecule has 1 aromatic heterocycles. The number of hydrogen-bond acceptors (Lipinski definition) is 1. The number of nitrogens with zero attached hydrogens (tertiary/aromatic N) is 1. The normalized spacial score (nSPS) is 14.2. The third-order valence-electron chi connectivity index (χ3n) is 8.89. The largest absolute Gasteiger partial charge is 0.256 e. The molecule has 5 aromatic carbocycles. The maximum Gasteiger partial charge on any atom is 0.0752 e. The van der Waals surface area contributed by atoms with E-state index in [0.717, 1.165) is 16.8 Å². The molecule has 0 bridgehead atoms. The topological polar surface area (TPSA) is 12.9 Å². The molecule has 42 heavy (non-hydrogen) atoms. The summed E-state index contributed by atoms with van der Waals surface area (Å²) >= 11 is 0. The average Bonchev–Trinajstić information content (AvgIpc) is 3.27. The van der Waals surface area contributed by atoms with Gasteiger partial charge < -0.3 is 0 Å². The van der Waals surface area contributed by atoms with E-state index in [1.807, 2.05) is 18.3 Å². The molecule has 0 atom stereocenters. The minimum Gasteiger partial charge on any atom is -0.256 e. The van der Waals surface area contributed by atoms with Gasteiger partial charge in [0.05, 0.1) is 5.69 Å². The highest BCUT2D eigenvalue weighted by Gasteiger charge is 2.38. The van der Waals surface area contributed by atoms with Crippen molar-refractivity contribution in [1.29, 1.82) is 0 Å². The minimum absolute atomic E-state index is 0.103. The molecule has 1 heterocycles. The zero-order chi connectivity index (χ0) is 28.8. The lowest BCUT2D eigenvalue weighted by Gasteiger charge is -2.22. The lowest BCUT2D eigenvalue weighted by Crippen LogP contribution is -2.14. The van der Waals surface area contributed by atoms with Gasteiger partial charge in [-0.15, -0.1) is 0 Å². The summed E-state index contributed by atoms with van der Waals surface area (Å²) in [5.74, 6) is 0. The van der Waals surface area contributed by atoms with Crippen molar-refractivity contribution in [1.82, 2.24) is 4.98 Å². The van der Waals surface area contributed by atoms with Gasteiger partial charge >= 0.3 is 0 Å². The number of rotatable bonds is 5. The van der Waals surface area contributed by atoms with Crippen LogP contribution in [0.5, 0.6) is 0 Å². The monoisotopic (exact) mass is 539 g/mol. The zero-order valence-corrected chi connectivity index (χ0v) is 24.4. The third kappa shape index (κ3) is 3.96. The number of fused-ring (bicyclic) bond motifs is 5. The standard InChI is InChI=1S/C41H33N/c1-5-28(29-15-7-6-8-16-29)25-24-27(2)37-30-17-9-11-19-32(30)38(33-20-12-10-18-31(33)37)34-21-13-22-35-39(34)40-36(41(35,3)4)23-14-26-42-40/h5-26H,1H2,2-4H3/b27-24+,28-25+. The molecule has 0 amide bonds. The van der Waals surface area contributed by atoms with Crippen LogP contribution in [0.25, 0.3) is 55.1 Å². The second-order valence-corrected chi connectivity index (χ2v) is 11.6. The fourth-order valence-electron chi connectivity index (χ4n) is 6.84. The van der Waals surface area contributed by atoms with Crippen molar-refractivity contribution in [3.8, 4) is 22.4 Å². The fraction of sp³-hybridized carbons (Fsp3) is 0.0976. The Bertz CT molecular complexity index is 2020. The fourth-order valence-corrected chi connectivity index (χ4v) is 6.84. The van der Waals surface area contributed by atoms with Crippen LogP contribution in [-0.2, 0) is 5.41 Å². The summed E-state index contributed by atoms with van der Waals surface area (Å²) in [6.07, 6.45) is 8.28. The Kier molecular flexibility index (Phi) is 6.25. The summed E-state index contributed by atoms with van der Waals surface area (Å²) in [4.78, 5) is 4.94. The van der Waals surface area contributed by atoms with Gasteiger partial charge in [0.15, 0.2) is 0 Å². The summed E-state index contributed by atoms with van der Waals surface area (Å²) in [5.41, 5.74) is 12.2. The lowest BCUT2D eigenvalue weighted by atomic mass is 9.80. The average molecular weight is 540 g/mol. The maximum absolute atomic E-state index is 4.94. The first-order valence-corrected chi connectivity index (χ1v) is 14.6. The molecule has 0 unspecified atom stereocenters. The van der Waals surface area contributed by atoms with Crippen molar-refractivity contribution in [2.75, 3.05) is 0 Å². The van der Waals surface area contributed by atoms with Gasteiger partial charge in [0.1, 0.15) is 0 Å². The van der Waals surface area contributed by atoms with Gasteiger partial charge in [-0.2, -0.15) is 0 Å². The number of aromatic nitrogens is 1. The molecule has 1 heteroatoms.